The van der Waals surface area contributed by atoms with Gasteiger partial charge in [-0.1, -0.05) is 19.9 Å². The minimum absolute atomic E-state index is 0.0152. The minimum atomic E-state index is -2.40. The van der Waals surface area contributed by atoms with E-state index in [0.717, 1.165) is 0 Å². The first-order chi connectivity index (χ1) is 6.93. The molecule has 0 amide bonds. The van der Waals surface area contributed by atoms with Crippen LogP contribution in [-0.4, -0.2) is 19.8 Å². The summed E-state index contributed by atoms with van der Waals surface area (Å²) in [4.78, 5) is 10.7. The van der Waals surface area contributed by atoms with Crippen LogP contribution in [-0.2, 0) is 11.1 Å². The van der Waals surface area contributed by atoms with Crippen molar-refractivity contribution in [1.29, 1.82) is 0 Å². The SMILES string of the molecule is CC(C)c1ccc(C(=O)O)cc1S(=O)[O-]. The predicted octanol–water partition coefficient (Wildman–Crippen LogP) is 1.75. The quantitative estimate of drug-likeness (QED) is 0.798. The van der Waals surface area contributed by atoms with Gasteiger partial charge in [0.2, 0.25) is 0 Å². The second-order valence-corrected chi connectivity index (χ2v) is 4.36. The summed E-state index contributed by atoms with van der Waals surface area (Å²) < 4.78 is 21.8. The van der Waals surface area contributed by atoms with Gasteiger partial charge in [0.1, 0.15) is 0 Å². The summed E-state index contributed by atoms with van der Waals surface area (Å²) in [6.07, 6.45) is 0. The first-order valence-corrected chi connectivity index (χ1v) is 5.47. The summed E-state index contributed by atoms with van der Waals surface area (Å²) in [6.45, 7) is 3.71. The smallest absolute Gasteiger partial charge is 0.335 e. The largest absolute Gasteiger partial charge is 0.768 e. The second kappa shape index (κ2) is 4.55. The molecule has 5 heteroatoms. The van der Waals surface area contributed by atoms with Crippen LogP contribution in [0.5, 0.6) is 0 Å². The number of rotatable bonds is 3. The van der Waals surface area contributed by atoms with Crippen molar-refractivity contribution in [3.63, 3.8) is 0 Å². The molecule has 0 heterocycles. The molecule has 0 radical (unpaired) electrons. The van der Waals surface area contributed by atoms with Gasteiger partial charge in [0.25, 0.3) is 0 Å². The van der Waals surface area contributed by atoms with Crippen LogP contribution >= 0.6 is 0 Å². The molecule has 0 aliphatic rings. The Kier molecular flexibility index (Phi) is 3.60. The van der Waals surface area contributed by atoms with Crippen molar-refractivity contribution < 1.29 is 18.7 Å². The summed E-state index contributed by atoms with van der Waals surface area (Å²) in [7, 11) is 0. The molecule has 0 aromatic heterocycles. The Balaban J connectivity index is 3.33. The first-order valence-electron chi connectivity index (χ1n) is 4.40. The van der Waals surface area contributed by atoms with Crippen LogP contribution in [0.4, 0.5) is 0 Å². The van der Waals surface area contributed by atoms with Crippen LogP contribution in [0.3, 0.4) is 0 Å². The van der Waals surface area contributed by atoms with E-state index in [0.29, 0.717) is 5.56 Å². The van der Waals surface area contributed by atoms with Gasteiger partial charge in [0.15, 0.2) is 0 Å². The predicted molar refractivity (Wildman–Crippen MR) is 54.7 cm³/mol. The lowest BCUT2D eigenvalue weighted by molar-refractivity contribution is 0.0696. The summed E-state index contributed by atoms with van der Waals surface area (Å²) >= 11 is -2.40. The molecule has 15 heavy (non-hydrogen) atoms. The molecule has 1 unspecified atom stereocenters. The van der Waals surface area contributed by atoms with Crippen LogP contribution in [0.25, 0.3) is 0 Å². The van der Waals surface area contributed by atoms with E-state index in [1.54, 1.807) is 6.07 Å². The zero-order valence-corrected chi connectivity index (χ0v) is 9.21. The lowest BCUT2D eigenvalue weighted by atomic mass is 10.0. The summed E-state index contributed by atoms with van der Waals surface area (Å²) in [5, 5.41) is 8.72. The third-order valence-electron chi connectivity index (χ3n) is 2.06. The Morgan fingerprint density at radius 1 is 1.47 bits per heavy atom. The maximum Gasteiger partial charge on any atom is 0.335 e. The van der Waals surface area contributed by atoms with Gasteiger partial charge in [-0.2, -0.15) is 0 Å². The molecule has 82 valence electrons. The minimum Gasteiger partial charge on any atom is -0.768 e. The molecular weight excluding hydrogens is 216 g/mol. The van der Waals surface area contributed by atoms with E-state index < -0.39 is 17.0 Å². The van der Waals surface area contributed by atoms with Gasteiger partial charge < -0.3 is 9.66 Å². The van der Waals surface area contributed by atoms with Crippen molar-refractivity contribution >= 4 is 17.0 Å². The summed E-state index contributed by atoms with van der Waals surface area (Å²) in [5.74, 6) is -1.09. The Hall–Kier alpha value is -1.20. The van der Waals surface area contributed by atoms with Crippen LogP contribution in [0.15, 0.2) is 23.1 Å². The molecule has 1 aromatic carbocycles. The topological polar surface area (TPSA) is 77.4 Å². The van der Waals surface area contributed by atoms with Crippen molar-refractivity contribution in [2.45, 2.75) is 24.7 Å². The fraction of sp³-hybridized carbons (Fsp3) is 0.300. The summed E-state index contributed by atoms with van der Waals surface area (Å²) in [5.41, 5.74) is 0.618. The maximum absolute atomic E-state index is 10.9. The lowest BCUT2D eigenvalue weighted by Crippen LogP contribution is -2.03. The van der Waals surface area contributed by atoms with E-state index >= 15 is 0 Å². The van der Waals surface area contributed by atoms with E-state index in [9.17, 15) is 13.6 Å². The number of carbonyl (C=O) groups is 1. The maximum atomic E-state index is 10.9. The number of aromatic carboxylic acids is 1. The van der Waals surface area contributed by atoms with Gasteiger partial charge in [-0.15, -0.1) is 0 Å². The molecular formula is C10H11O4S-. The highest BCUT2D eigenvalue weighted by atomic mass is 32.2. The Bertz CT molecular complexity index is 412. The van der Waals surface area contributed by atoms with Crippen LogP contribution in [0.2, 0.25) is 0 Å². The zero-order chi connectivity index (χ0) is 11.6. The Morgan fingerprint density at radius 2 is 2.07 bits per heavy atom. The number of carboxylic acids is 1. The molecule has 4 nitrogen and oxygen atoms in total. The number of hydrogen-bond acceptors (Lipinski definition) is 3. The van der Waals surface area contributed by atoms with E-state index in [4.69, 9.17) is 5.11 Å². The fourth-order valence-corrected chi connectivity index (χ4v) is 2.01. The molecule has 0 saturated carbocycles. The van der Waals surface area contributed by atoms with Gasteiger partial charge in [-0.25, -0.2) is 4.79 Å². The number of hydrogen-bond donors (Lipinski definition) is 1. The molecule has 0 aliphatic carbocycles. The van der Waals surface area contributed by atoms with Gasteiger partial charge in [0, 0.05) is 4.90 Å². The molecule has 0 aliphatic heterocycles. The van der Waals surface area contributed by atoms with Crippen molar-refractivity contribution in [2.75, 3.05) is 0 Å². The van der Waals surface area contributed by atoms with E-state index in [2.05, 4.69) is 0 Å². The average Bonchev–Trinajstić information content (AvgIpc) is 2.16. The van der Waals surface area contributed by atoms with E-state index in [1.165, 1.54) is 12.1 Å². The third-order valence-corrected chi connectivity index (χ3v) is 2.77. The van der Waals surface area contributed by atoms with Crippen molar-refractivity contribution in [1.82, 2.24) is 0 Å². The van der Waals surface area contributed by atoms with Crippen LogP contribution < -0.4 is 0 Å². The Labute approximate surface area is 90.2 Å². The lowest BCUT2D eigenvalue weighted by Gasteiger charge is -2.15. The molecule has 1 N–H and O–H groups in total. The highest BCUT2D eigenvalue weighted by molar-refractivity contribution is 7.79. The van der Waals surface area contributed by atoms with Crippen molar-refractivity contribution in [3.8, 4) is 0 Å². The van der Waals surface area contributed by atoms with Crippen molar-refractivity contribution in [3.05, 3.63) is 29.3 Å². The van der Waals surface area contributed by atoms with Gasteiger partial charge in [-0.05, 0) is 34.7 Å². The summed E-state index contributed by atoms with van der Waals surface area (Å²) in [6, 6.07) is 4.13. The highest BCUT2D eigenvalue weighted by Crippen LogP contribution is 2.23. The zero-order valence-electron chi connectivity index (χ0n) is 8.39. The number of carboxylic acid groups (broad SMARTS) is 1. The highest BCUT2D eigenvalue weighted by Gasteiger charge is 2.11. The first kappa shape index (κ1) is 11.9. The third kappa shape index (κ3) is 2.64. The molecule has 0 spiro atoms. The second-order valence-electron chi connectivity index (χ2n) is 3.45. The molecule has 1 rings (SSSR count). The molecule has 0 bridgehead atoms. The monoisotopic (exact) mass is 227 g/mol. The Morgan fingerprint density at radius 3 is 2.47 bits per heavy atom. The van der Waals surface area contributed by atoms with Crippen LogP contribution in [0.1, 0.15) is 35.7 Å². The molecule has 1 atom stereocenters. The van der Waals surface area contributed by atoms with Gasteiger partial charge >= 0.3 is 5.97 Å². The molecule has 0 fully saturated rings. The fourth-order valence-electron chi connectivity index (χ4n) is 1.29. The number of benzene rings is 1. The standard InChI is InChI=1S/C10H12O4S/c1-6(2)8-4-3-7(10(11)12)5-9(8)15(13)14/h3-6H,1-2H3,(H,11,12)(H,13,14)/p-1. The molecule has 1 aromatic rings. The van der Waals surface area contributed by atoms with E-state index in [-0.39, 0.29) is 16.4 Å². The van der Waals surface area contributed by atoms with Crippen LogP contribution in [0, 0.1) is 0 Å². The van der Waals surface area contributed by atoms with E-state index in [1.807, 2.05) is 13.8 Å². The van der Waals surface area contributed by atoms with Gasteiger partial charge in [0.05, 0.1) is 5.56 Å². The average molecular weight is 227 g/mol. The van der Waals surface area contributed by atoms with Gasteiger partial charge in [-0.3, -0.25) is 4.21 Å². The normalized spacial score (nSPS) is 12.8. The molecule has 0 saturated heterocycles. The van der Waals surface area contributed by atoms with Crippen molar-refractivity contribution in [2.24, 2.45) is 0 Å².